The predicted octanol–water partition coefficient (Wildman–Crippen LogP) is 5.25. The SMILES string of the molecule is [2H]C([2H])([2H])C([2H])([2H])n1nccc1C(=O)N[C@H](c1cn2ncc([C@H](CC)NC(=O)CC3CC(F)(F)C3)cc2n1)C1CCC(F)(F)CC1. The molecule has 0 saturated heterocycles. The Balaban J connectivity index is 1.39. The summed E-state index contributed by atoms with van der Waals surface area (Å²) in [6.45, 7) is -4.31. The number of hydrogen-bond acceptors (Lipinski definition) is 5. The van der Waals surface area contributed by atoms with E-state index < -0.39 is 61.9 Å². The van der Waals surface area contributed by atoms with E-state index in [2.05, 4.69) is 25.8 Å². The van der Waals surface area contributed by atoms with Crippen molar-refractivity contribution in [3.63, 3.8) is 0 Å². The van der Waals surface area contributed by atoms with Gasteiger partial charge in [-0.15, -0.1) is 0 Å². The van der Waals surface area contributed by atoms with Gasteiger partial charge in [-0.1, -0.05) is 6.92 Å². The van der Waals surface area contributed by atoms with Gasteiger partial charge in [-0.3, -0.25) is 14.3 Å². The Bertz CT molecular complexity index is 1580. The number of halogens is 4. The summed E-state index contributed by atoms with van der Waals surface area (Å²) in [6.07, 6.45) is 3.28. The number of aromatic nitrogens is 5. The van der Waals surface area contributed by atoms with Gasteiger partial charge in [-0.2, -0.15) is 10.2 Å². The Hall–Kier alpha value is -3.51. The zero-order valence-corrected chi connectivity index (χ0v) is 22.4. The van der Waals surface area contributed by atoms with Crippen LogP contribution in [-0.4, -0.2) is 48.0 Å². The topological polar surface area (TPSA) is 106 Å². The lowest BCUT2D eigenvalue weighted by Crippen LogP contribution is -2.39. The third-order valence-corrected chi connectivity index (χ3v) is 7.97. The molecule has 2 atom stereocenters. The molecule has 3 aromatic heterocycles. The Labute approximate surface area is 242 Å². The first-order valence-electron chi connectivity index (χ1n) is 16.1. The van der Waals surface area contributed by atoms with Crippen LogP contribution in [0.15, 0.2) is 30.7 Å². The van der Waals surface area contributed by atoms with Crippen molar-refractivity contribution in [3.8, 4) is 0 Å². The predicted molar refractivity (Wildman–Crippen MR) is 141 cm³/mol. The number of aryl methyl sites for hydroxylation is 1. The van der Waals surface area contributed by atoms with Crippen molar-refractivity contribution in [2.45, 2.75) is 95.6 Å². The van der Waals surface area contributed by atoms with Gasteiger partial charge >= 0.3 is 0 Å². The zero-order chi connectivity index (χ0) is 33.7. The Morgan fingerprint density at radius 2 is 1.93 bits per heavy atom. The number of carbonyl (C=O) groups excluding carboxylic acids is 2. The Morgan fingerprint density at radius 3 is 2.61 bits per heavy atom. The quantitative estimate of drug-likeness (QED) is 0.318. The van der Waals surface area contributed by atoms with Crippen LogP contribution in [0.2, 0.25) is 0 Å². The van der Waals surface area contributed by atoms with Crippen molar-refractivity contribution in [1.82, 2.24) is 35.0 Å². The largest absolute Gasteiger partial charge is 0.349 e. The molecule has 0 aliphatic heterocycles. The van der Waals surface area contributed by atoms with Crippen molar-refractivity contribution in [1.29, 1.82) is 0 Å². The normalized spacial score (nSPS) is 22.8. The standard InChI is InChI=1S/C28H35F4N7O2/c1-3-20(36-24(40)11-17-13-28(31,32)14-17)19-12-23-35-21(16-39(23)34-15-19)25(18-5-8-27(29,30)9-6-18)37-26(41)22-7-10-33-38(22)4-2/h7,10,12,15-18,20,25H,3-6,8-9,11,13-14H2,1-2H3,(H,36,40)(H,37,41)/t20-,25-/m0/s1/i2D3,4D2. The van der Waals surface area contributed by atoms with Crippen LogP contribution in [0.5, 0.6) is 0 Å². The van der Waals surface area contributed by atoms with E-state index >= 15 is 0 Å². The van der Waals surface area contributed by atoms with E-state index in [0.717, 1.165) is 12.3 Å². The summed E-state index contributed by atoms with van der Waals surface area (Å²) in [5.41, 5.74) is 0.862. The van der Waals surface area contributed by atoms with E-state index in [9.17, 15) is 27.2 Å². The lowest BCUT2D eigenvalue weighted by Gasteiger charge is -2.34. The minimum absolute atomic E-state index is 0.01000. The van der Waals surface area contributed by atoms with Gasteiger partial charge in [-0.25, -0.2) is 27.1 Å². The molecule has 13 heteroatoms. The smallest absolute Gasteiger partial charge is 0.270 e. The number of carbonyl (C=O) groups is 2. The van der Waals surface area contributed by atoms with Crippen LogP contribution >= 0.6 is 0 Å². The van der Waals surface area contributed by atoms with Crippen LogP contribution in [0.1, 0.15) is 106 Å². The highest BCUT2D eigenvalue weighted by molar-refractivity contribution is 5.92. The summed E-state index contributed by atoms with van der Waals surface area (Å²) >= 11 is 0. The minimum Gasteiger partial charge on any atom is -0.349 e. The van der Waals surface area contributed by atoms with E-state index in [1.54, 1.807) is 6.07 Å². The number of rotatable bonds is 10. The van der Waals surface area contributed by atoms with Gasteiger partial charge < -0.3 is 10.6 Å². The van der Waals surface area contributed by atoms with E-state index in [0.29, 0.717) is 28.0 Å². The Kier molecular flexibility index (Phi) is 6.42. The molecule has 2 amide bonds. The van der Waals surface area contributed by atoms with Crippen LogP contribution in [0.25, 0.3) is 5.65 Å². The molecule has 0 spiro atoms. The fourth-order valence-corrected chi connectivity index (χ4v) is 5.72. The summed E-state index contributed by atoms with van der Waals surface area (Å²) < 4.78 is 95.3. The van der Waals surface area contributed by atoms with Crippen LogP contribution < -0.4 is 10.6 Å². The van der Waals surface area contributed by atoms with Crippen molar-refractivity contribution in [2.24, 2.45) is 11.8 Å². The van der Waals surface area contributed by atoms with E-state index in [1.807, 2.05) is 6.92 Å². The van der Waals surface area contributed by atoms with Gasteiger partial charge in [0.2, 0.25) is 17.8 Å². The van der Waals surface area contributed by atoms with Crippen LogP contribution in [0, 0.1) is 11.8 Å². The molecule has 0 unspecified atom stereocenters. The average Bonchev–Trinajstić information content (AvgIpc) is 3.61. The van der Waals surface area contributed by atoms with Gasteiger partial charge in [-0.05, 0) is 55.6 Å². The van der Waals surface area contributed by atoms with Gasteiger partial charge in [0.15, 0.2) is 5.65 Å². The number of imidazole rings is 1. The molecule has 2 saturated carbocycles. The molecule has 2 aliphatic rings. The van der Waals surface area contributed by atoms with E-state index in [1.165, 1.54) is 16.9 Å². The molecule has 2 N–H and O–H groups in total. The van der Waals surface area contributed by atoms with Crippen molar-refractivity contribution >= 4 is 17.5 Å². The highest BCUT2D eigenvalue weighted by Gasteiger charge is 2.46. The summed E-state index contributed by atoms with van der Waals surface area (Å²) in [4.78, 5) is 30.7. The first-order chi connectivity index (χ1) is 21.4. The van der Waals surface area contributed by atoms with Crippen molar-refractivity contribution in [2.75, 3.05) is 0 Å². The fourth-order valence-electron chi connectivity index (χ4n) is 5.72. The second-order valence-corrected chi connectivity index (χ2v) is 11.0. The molecular weight excluding hydrogens is 542 g/mol. The highest BCUT2D eigenvalue weighted by atomic mass is 19.3. The molecule has 2 aliphatic carbocycles. The monoisotopic (exact) mass is 582 g/mol. The average molecular weight is 583 g/mol. The van der Waals surface area contributed by atoms with Crippen LogP contribution in [-0.2, 0) is 11.3 Å². The van der Waals surface area contributed by atoms with E-state index in [-0.39, 0.29) is 49.6 Å². The Morgan fingerprint density at radius 1 is 1.17 bits per heavy atom. The third-order valence-electron chi connectivity index (χ3n) is 7.97. The molecule has 3 aromatic rings. The molecular formula is C28H35F4N7O2. The molecule has 3 heterocycles. The number of amides is 2. The van der Waals surface area contributed by atoms with Gasteiger partial charge in [0, 0.05) is 48.9 Å². The number of hydrogen-bond donors (Lipinski definition) is 2. The van der Waals surface area contributed by atoms with Gasteiger partial charge in [0.25, 0.3) is 5.91 Å². The first kappa shape index (κ1) is 23.1. The molecule has 0 aromatic carbocycles. The van der Waals surface area contributed by atoms with Crippen LogP contribution in [0.3, 0.4) is 0 Å². The van der Waals surface area contributed by atoms with Crippen molar-refractivity contribution in [3.05, 3.63) is 47.7 Å². The number of nitrogens with zero attached hydrogens (tertiary/aromatic N) is 5. The molecule has 222 valence electrons. The number of alkyl halides is 4. The lowest BCUT2D eigenvalue weighted by molar-refractivity contribution is -0.134. The summed E-state index contributed by atoms with van der Waals surface area (Å²) in [5, 5.41) is 13.7. The van der Waals surface area contributed by atoms with Gasteiger partial charge in [0.1, 0.15) is 5.69 Å². The maximum absolute atomic E-state index is 14.1. The molecule has 0 bridgehead atoms. The van der Waals surface area contributed by atoms with Crippen molar-refractivity contribution < 1.29 is 34.0 Å². The summed E-state index contributed by atoms with van der Waals surface area (Å²) in [7, 11) is 0. The molecule has 9 nitrogen and oxygen atoms in total. The molecule has 2 fully saturated rings. The number of nitrogens with one attached hydrogen (secondary N) is 2. The zero-order valence-electron chi connectivity index (χ0n) is 27.4. The molecule has 0 radical (unpaired) electrons. The first-order valence-corrected chi connectivity index (χ1v) is 13.6. The second kappa shape index (κ2) is 11.4. The second-order valence-electron chi connectivity index (χ2n) is 11.0. The molecule has 41 heavy (non-hydrogen) atoms. The van der Waals surface area contributed by atoms with Crippen LogP contribution in [0.4, 0.5) is 17.6 Å². The van der Waals surface area contributed by atoms with E-state index in [4.69, 9.17) is 6.85 Å². The maximum atomic E-state index is 14.1. The van der Waals surface area contributed by atoms with Gasteiger partial charge in [0.05, 0.1) is 32.9 Å². The highest BCUT2D eigenvalue weighted by Crippen LogP contribution is 2.44. The number of fused-ring (bicyclic) bond motifs is 1. The lowest BCUT2D eigenvalue weighted by atomic mass is 9.79. The molecule has 5 rings (SSSR count). The summed E-state index contributed by atoms with van der Waals surface area (Å²) in [5.74, 6) is -7.64. The fraction of sp³-hybridized carbons (Fsp3) is 0.607. The summed E-state index contributed by atoms with van der Waals surface area (Å²) in [6, 6.07) is 1.45. The minimum atomic E-state index is -3.14. The maximum Gasteiger partial charge on any atom is 0.270 e. The third kappa shape index (κ3) is 6.54.